The van der Waals surface area contributed by atoms with Crippen LogP contribution in [0.15, 0.2) is 34.4 Å². The van der Waals surface area contributed by atoms with Crippen LogP contribution in [0.3, 0.4) is 0 Å². The van der Waals surface area contributed by atoms with Gasteiger partial charge in [-0.3, -0.25) is 9.59 Å². The first-order chi connectivity index (χ1) is 15.2. The molecule has 0 aromatic carbocycles. The maximum Gasteiger partial charge on any atom is 0.224 e. The van der Waals surface area contributed by atoms with Gasteiger partial charge >= 0.3 is 0 Å². The summed E-state index contributed by atoms with van der Waals surface area (Å²) in [5.41, 5.74) is 1.07. The minimum Gasteiger partial charge on any atom is -0.381 e. The summed E-state index contributed by atoms with van der Waals surface area (Å²) in [4.78, 5) is 22.9. The van der Waals surface area contributed by atoms with Crippen molar-refractivity contribution in [1.82, 2.24) is 10.6 Å². The Kier molecular flexibility index (Phi) is 18.9. The second-order valence-electron chi connectivity index (χ2n) is 8.21. The van der Waals surface area contributed by atoms with E-state index in [0.717, 1.165) is 17.3 Å². The van der Waals surface area contributed by atoms with E-state index < -0.39 is 0 Å². The first-order valence-electron chi connectivity index (χ1n) is 11.2. The van der Waals surface area contributed by atoms with Crippen LogP contribution in [0.1, 0.15) is 61.3 Å². The first-order valence-corrected chi connectivity index (χ1v) is 12.0. The Labute approximate surface area is 204 Å². The highest BCUT2D eigenvalue weighted by Gasteiger charge is 2.46. The fourth-order valence-electron chi connectivity index (χ4n) is 3.11. The third-order valence-electron chi connectivity index (χ3n) is 5.51. The normalized spacial score (nSPS) is 20.8. The molecule has 2 N–H and O–H groups in total. The number of amides is 2. The van der Waals surface area contributed by atoms with Gasteiger partial charge in [-0.05, 0) is 77.9 Å². The van der Waals surface area contributed by atoms with Gasteiger partial charge in [0.05, 0.1) is 6.61 Å². The predicted octanol–water partition coefficient (Wildman–Crippen LogP) is 5.38. The lowest BCUT2D eigenvalue weighted by atomic mass is 9.64. The number of halogens is 1. The number of hydrogen-bond acceptors (Lipinski definition) is 3. The number of allylic oxidation sites excluding steroid dienone is 6. The molecule has 0 saturated heterocycles. The molecule has 1 saturated carbocycles. The van der Waals surface area contributed by atoms with Crippen molar-refractivity contribution in [1.29, 1.82) is 0 Å². The average molecular weight is 512 g/mol. The Balaban J connectivity index is 0. The maximum atomic E-state index is 12.5. The van der Waals surface area contributed by atoms with Gasteiger partial charge in [0.1, 0.15) is 0 Å². The lowest BCUT2D eigenvalue weighted by Gasteiger charge is -2.44. The third kappa shape index (κ3) is 12.9. The molecule has 5 nitrogen and oxygen atoms in total. The van der Waals surface area contributed by atoms with E-state index in [1.807, 2.05) is 52.8 Å². The van der Waals surface area contributed by atoms with Gasteiger partial charge in [-0.2, -0.15) is 0 Å². The molecule has 0 aliphatic heterocycles. The minimum absolute atomic E-state index is 0.0557. The molecule has 0 aromatic rings. The van der Waals surface area contributed by atoms with Crippen molar-refractivity contribution >= 4 is 28.2 Å². The van der Waals surface area contributed by atoms with Crippen LogP contribution >= 0.6 is 15.9 Å². The van der Waals surface area contributed by atoms with Gasteiger partial charge in [0.2, 0.25) is 12.3 Å². The highest BCUT2D eigenvalue weighted by molar-refractivity contribution is 9.12. The van der Waals surface area contributed by atoms with Crippen molar-refractivity contribution in [2.75, 3.05) is 19.8 Å². The van der Waals surface area contributed by atoms with Gasteiger partial charge < -0.3 is 15.4 Å². The molecule has 6 heteroatoms. The molecule has 182 valence electrons. The van der Waals surface area contributed by atoms with Gasteiger partial charge in [-0.1, -0.05) is 41.1 Å². The molecule has 0 heterocycles. The van der Waals surface area contributed by atoms with E-state index in [4.69, 9.17) is 4.74 Å². The molecule has 0 radical (unpaired) electrons. The van der Waals surface area contributed by atoms with Crippen LogP contribution in [-0.4, -0.2) is 37.6 Å². The molecular weight excluding hydrogens is 468 g/mol. The van der Waals surface area contributed by atoms with E-state index in [2.05, 4.69) is 59.3 Å². The molecule has 0 spiro atoms. The van der Waals surface area contributed by atoms with Gasteiger partial charge in [0.15, 0.2) is 0 Å². The Morgan fingerprint density at radius 2 is 1.84 bits per heavy atom. The molecule has 3 atom stereocenters. The largest absolute Gasteiger partial charge is 0.381 e. The van der Waals surface area contributed by atoms with Gasteiger partial charge in [-0.25, -0.2) is 0 Å². The van der Waals surface area contributed by atoms with Crippen LogP contribution in [0.25, 0.3) is 0 Å². The summed E-state index contributed by atoms with van der Waals surface area (Å²) >= 11 is 3.45. The van der Waals surface area contributed by atoms with Crippen LogP contribution in [0.5, 0.6) is 0 Å². The monoisotopic (exact) mass is 510 g/mol. The Morgan fingerprint density at radius 1 is 1.22 bits per heavy atom. The van der Waals surface area contributed by atoms with Crippen molar-refractivity contribution in [2.24, 2.45) is 17.8 Å². The number of rotatable bonds is 11. The number of ether oxygens (including phenoxy) is 1. The highest BCUT2D eigenvalue weighted by Crippen LogP contribution is 2.41. The standard InChI is InChI=1S/C15H28N2O3.C9H13Br.C2H2/c1-5-15(3,4)17-14(19)13-11(8-16-10-18)7-12(13)9-20-6-2;1-4-6-7-9(10)8(3)5-2;1-2/h10-13H,5-9H2,1-4H3,(H,16,18)(H,17,19);4-7H,1-3H3;1-2H/b;6-4-,8-5+,9-7+;. The van der Waals surface area contributed by atoms with E-state index in [0.29, 0.717) is 26.2 Å². The minimum atomic E-state index is -0.189. The van der Waals surface area contributed by atoms with Crippen molar-refractivity contribution in [2.45, 2.75) is 66.8 Å². The lowest BCUT2D eigenvalue weighted by molar-refractivity contribution is -0.139. The summed E-state index contributed by atoms with van der Waals surface area (Å²) in [5, 5.41) is 5.80. The fraction of sp³-hybridized carbons (Fsp3) is 0.615. The van der Waals surface area contributed by atoms with Crippen molar-refractivity contribution in [3.63, 3.8) is 0 Å². The summed E-state index contributed by atoms with van der Waals surface area (Å²) in [6.07, 6.45) is 18.6. The molecule has 32 heavy (non-hydrogen) atoms. The quantitative estimate of drug-likeness (QED) is 0.222. The van der Waals surface area contributed by atoms with Crippen LogP contribution in [0, 0.1) is 30.6 Å². The number of carbonyl (C=O) groups is 2. The van der Waals surface area contributed by atoms with Gasteiger partial charge in [0, 0.05) is 29.1 Å². The van der Waals surface area contributed by atoms with E-state index >= 15 is 0 Å². The zero-order valence-electron chi connectivity index (χ0n) is 20.9. The second kappa shape index (κ2) is 18.7. The number of hydrogen-bond donors (Lipinski definition) is 2. The average Bonchev–Trinajstić information content (AvgIpc) is 2.77. The Hall–Kier alpha value is -1.84. The molecule has 0 aromatic heterocycles. The van der Waals surface area contributed by atoms with Crippen LogP contribution in [-0.2, 0) is 14.3 Å². The predicted molar refractivity (Wildman–Crippen MR) is 139 cm³/mol. The summed E-state index contributed by atoms with van der Waals surface area (Å²) in [6, 6.07) is 0. The van der Waals surface area contributed by atoms with Crippen LogP contribution in [0.2, 0.25) is 0 Å². The van der Waals surface area contributed by atoms with E-state index in [1.54, 1.807) is 0 Å². The molecule has 1 aliphatic rings. The topological polar surface area (TPSA) is 67.4 Å². The molecule has 3 unspecified atom stereocenters. The SMILES string of the molecule is C#C.CCOCC1CC(CNC=O)C1C(=O)NC(C)(C)CC.C\C=C/C=C(Br)\C(C)=C\C. The summed E-state index contributed by atoms with van der Waals surface area (Å²) < 4.78 is 6.60. The van der Waals surface area contributed by atoms with E-state index in [1.165, 1.54) is 5.57 Å². The highest BCUT2D eigenvalue weighted by atomic mass is 79.9. The Bertz CT molecular complexity index is 651. The van der Waals surface area contributed by atoms with Gasteiger partial charge in [-0.15, -0.1) is 12.8 Å². The van der Waals surface area contributed by atoms with Crippen molar-refractivity contribution in [3.05, 3.63) is 34.4 Å². The second-order valence-corrected chi connectivity index (χ2v) is 9.06. The summed E-state index contributed by atoms with van der Waals surface area (Å²) in [7, 11) is 0. The molecule has 1 fully saturated rings. The summed E-state index contributed by atoms with van der Waals surface area (Å²) in [5.74, 6) is 0.518. The number of nitrogens with one attached hydrogen (secondary N) is 2. The number of carbonyl (C=O) groups excluding carboxylic acids is 2. The van der Waals surface area contributed by atoms with Crippen LogP contribution < -0.4 is 10.6 Å². The fourth-order valence-corrected chi connectivity index (χ4v) is 3.49. The molecule has 2 amide bonds. The number of terminal acetylenes is 1. The smallest absolute Gasteiger partial charge is 0.224 e. The Morgan fingerprint density at radius 3 is 2.31 bits per heavy atom. The van der Waals surface area contributed by atoms with E-state index in [-0.39, 0.29) is 29.2 Å². The molecule has 0 bridgehead atoms. The summed E-state index contributed by atoms with van der Waals surface area (Å²) in [6.45, 7) is 16.0. The van der Waals surface area contributed by atoms with Gasteiger partial charge in [0.25, 0.3) is 0 Å². The van der Waals surface area contributed by atoms with Crippen LogP contribution in [0.4, 0.5) is 0 Å². The molecule has 1 aliphatic carbocycles. The first kappa shape index (κ1) is 32.3. The lowest BCUT2D eigenvalue weighted by Crippen LogP contribution is -2.55. The van der Waals surface area contributed by atoms with E-state index in [9.17, 15) is 9.59 Å². The maximum absolute atomic E-state index is 12.5. The zero-order chi connectivity index (χ0) is 25.2. The zero-order valence-corrected chi connectivity index (χ0v) is 22.5. The molecule has 1 rings (SSSR count). The van der Waals surface area contributed by atoms with Crippen molar-refractivity contribution in [3.8, 4) is 12.8 Å². The molecular formula is C26H43BrN2O3. The third-order valence-corrected chi connectivity index (χ3v) is 6.40. The van der Waals surface area contributed by atoms with Crippen molar-refractivity contribution < 1.29 is 14.3 Å².